The molecule has 0 saturated carbocycles. The number of aromatic nitrogens is 1. The Hall–Kier alpha value is -1.43. The van der Waals surface area contributed by atoms with Gasteiger partial charge in [0.2, 0.25) is 0 Å². The summed E-state index contributed by atoms with van der Waals surface area (Å²) in [7, 11) is 0. The second-order valence-corrected chi connectivity index (χ2v) is 6.20. The van der Waals surface area contributed by atoms with E-state index in [1.165, 1.54) is 16.2 Å². The average Bonchev–Trinajstić information content (AvgIpc) is 2.79. The molecule has 1 N–H and O–H groups in total. The number of aliphatic carboxylic acids is 1. The normalized spacial score (nSPS) is 19.1. The minimum Gasteiger partial charge on any atom is -0.480 e. The minimum absolute atomic E-state index is 0.172. The lowest BCUT2D eigenvalue weighted by Crippen LogP contribution is -2.47. The van der Waals surface area contributed by atoms with Gasteiger partial charge in [-0.25, -0.2) is 9.78 Å². The summed E-state index contributed by atoms with van der Waals surface area (Å²) >= 11 is 1.40. The van der Waals surface area contributed by atoms with Gasteiger partial charge in [-0.15, -0.1) is 11.3 Å². The zero-order valence-electron chi connectivity index (χ0n) is 11.9. The first-order valence-electron chi connectivity index (χ1n) is 7.04. The number of likely N-dealkylation sites (tertiary alicyclic amines) is 1. The van der Waals surface area contributed by atoms with E-state index in [4.69, 9.17) is 0 Å². The first kappa shape index (κ1) is 15.0. The van der Waals surface area contributed by atoms with Crippen LogP contribution in [0.15, 0.2) is 0 Å². The van der Waals surface area contributed by atoms with E-state index in [2.05, 4.69) is 11.9 Å². The number of carbonyl (C=O) groups is 2. The first-order chi connectivity index (χ1) is 9.54. The van der Waals surface area contributed by atoms with Gasteiger partial charge in [0.25, 0.3) is 5.91 Å². The summed E-state index contributed by atoms with van der Waals surface area (Å²) in [5, 5.41) is 10.2. The smallest absolute Gasteiger partial charge is 0.326 e. The van der Waals surface area contributed by atoms with Crippen molar-refractivity contribution in [2.75, 3.05) is 6.54 Å². The molecule has 1 saturated heterocycles. The highest BCUT2D eigenvalue weighted by atomic mass is 32.1. The molecule has 110 valence electrons. The molecule has 1 atom stereocenters. The zero-order chi connectivity index (χ0) is 14.7. The SMILES string of the molecule is CCCc1nc(C)c(C(=O)N2CCCC[C@H]2C(=O)O)s1. The molecule has 5 nitrogen and oxygen atoms in total. The Morgan fingerprint density at radius 1 is 1.45 bits per heavy atom. The lowest BCUT2D eigenvalue weighted by Gasteiger charge is -2.32. The Bertz CT molecular complexity index is 513. The van der Waals surface area contributed by atoms with Crippen molar-refractivity contribution in [3.8, 4) is 0 Å². The van der Waals surface area contributed by atoms with Crippen molar-refractivity contribution in [2.24, 2.45) is 0 Å². The van der Waals surface area contributed by atoms with Gasteiger partial charge < -0.3 is 10.0 Å². The molecule has 0 bridgehead atoms. The Kier molecular flexibility index (Phi) is 4.75. The molecular weight excluding hydrogens is 276 g/mol. The molecule has 0 unspecified atom stereocenters. The quantitative estimate of drug-likeness (QED) is 0.926. The van der Waals surface area contributed by atoms with Crippen molar-refractivity contribution in [1.29, 1.82) is 0 Å². The van der Waals surface area contributed by atoms with Crippen molar-refractivity contribution in [2.45, 2.75) is 52.0 Å². The van der Waals surface area contributed by atoms with Crippen molar-refractivity contribution in [3.05, 3.63) is 15.6 Å². The molecule has 1 fully saturated rings. The standard InChI is InChI=1S/C14H20N2O3S/c1-3-6-11-15-9(2)12(20-11)13(17)16-8-5-4-7-10(16)14(18)19/h10H,3-8H2,1-2H3,(H,18,19)/t10-/m0/s1. The molecule has 0 spiro atoms. The maximum Gasteiger partial charge on any atom is 0.326 e. The molecular formula is C14H20N2O3S. The van der Waals surface area contributed by atoms with Crippen molar-refractivity contribution in [3.63, 3.8) is 0 Å². The highest BCUT2D eigenvalue weighted by Crippen LogP contribution is 2.25. The van der Waals surface area contributed by atoms with Crippen LogP contribution >= 0.6 is 11.3 Å². The van der Waals surface area contributed by atoms with E-state index in [1.807, 2.05) is 6.92 Å². The van der Waals surface area contributed by atoms with Gasteiger partial charge in [0, 0.05) is 6.54 Å². The fraction of sp³-hybridized carbons (Fsp3) is 0.643. The van der Waals surface area contributed by atoms with E-state index < -0.39 is 12.0 Å². The third-order valence-electron chi connectivity index (χ3n) is 3.55. The van der Waals surface area contributed by atoms with Gasteiger partial charge in [0.15, 0.2) is 0 Å². The fourth-order valence-electron chi connectivity index (χ4n) is 2.53. The highest BCUT2D eigenvalue weighted by Gasteiger charge is 2.33. The van der Waals surface area contributed by atoms with E-state index in [1.54, 1.807) is 0 Å². The van der Waals surface area contributed by atoms with E-state index in [0.717, 1.165) is 36.4 Å². The highest BCUT2D eigenvalue weighted by molar-refractivity contribution is 7.13. The fourth-order valence-corrected chi connectivity index (χ4v) is 3.66. The molecule has 0 aromatic carbocycles. The molecule has 1 aromatic heterocycles. The Balaban J connectivity index is 2.22. The van der Waals surface area contributed by atoms with Crippen molar-refractivity contribution in [1.82, 2.24) is 9.88 Å². The van der Waals surface area contributed by atoms with Gasteiger partial charge in [-0.2, -0.15) is 0 Å². The molecule has 1 aromatic rings. The van der Waals surface area contributed by atoms with Crippen LogP contribution in [0, 0.1) is 6.92 Å². The summed E-state index contributed by atoms with van der Waals surface area (Å²) in [5.74, 6) is -1.08. The number of hydrogen-bond acceptors (Lipinski definition) is 4. The second-order valence-electron chi connectivity index (χ2n) is 5.12. The predicted octanol–water partition coefficient (Wildman–Crippen LogP) is 2.48. The van der Waals surface area contributed by atoms with Gasteiger partial charge in [-0.3, -0.25) is 4.79 Å². The molecule has 20 heavy (non-hydrogen) atoms. The third-order valence-corrected chi connectivity index (χ3v) is 4.75. The molecule has 2 heterocycles. The van der Waals surface area contributed by atoms with Crippen LogP contribution in [0.3, 0.4) is 0 Å². The Morgan fingerprint density at radius 3 is 2.85 bits per heavy atom. The molecule has 1 aliphatic rings. The average molecular weight is 296 g/mol. The minimum atomic E-state index is -0.908. The van der Waals surface area contributed by atoms with Crippen LogP contribution in [0.25, 0.3) is 0 Å². The number of piperidine rings is 1. The van der Waals surface area contributed by atoms with E-state index in [0.29, 0.717) is 17.8 Å². The van der Waals surface area contributed by atoms with Gasteiger partial charge in [0.05, 0.1) is 10.7 Å². The second kappa shape index (κ2) is 6.35. The largest absolute Gasteiger partial charge is 0.480 e. The summed E-state index contributed by atoms with van der Waals surface area (Å²) in [6.45, 7) is 4.42. The molecule has 2 rings (SSSR count). The molecule has 6 heteroatoms. The van der Waals surface area contributed by atoms with Crippen molar-refractivity contribution < 1.29 is 14.7 Å². The summed E-state index contributed by atoms with van der Waals surface area (Å²) in [6, 6.07) is -0.688. The van der Waals surface area contributed by atoms with Crippen LogP contribution in [-0.2, 0) is 11.2 Å². The lowest BCUT2D eigenvalue weighted by molar-refractivity contribution is -0.143. The van der Waals surface area contributed by atoms with Crippen LogP contribution in [-0.4, -0.2) is 39.5 Å². The summed E-state index contributed by atoms with van der Waals surface area (Å²) < 4.78 is 0. The van der Waals surface area contributed by atoms with Gasteiger partial charge in [-0.05, 0) is 39.0 Å². The molecule has 0 aliphatic carbocycles. The molecule has 0 radical (unpaired) electrons. The van der Waals surface area contributed by atoms with Crippen LogP contribution in [0.2, 0.25) is 0 Å². The first-order valence-corrected chi connectivity index (χ1v) is 7.86. The van der Waals surface area contributed by atoms with Crippen LogP contribution < -0.4 is 0 Å². The summed E-state index contributed by atoms with van der Waals surface area (Å²) in [5.41, 5.74) is 0.721. The number of nitrogens with zero attached hydrogens (tertiary/aromatic N) is 2. The zero-order valence-corrected chi connectivity index (χ0v) is 12.7. The maximum absolute atomic E-state index is 12.6. The number of carboxylic acid groups (broad SMARTS) is 1. The number of carbonyl (C=O) groups excluding carboxylic acids is 1. The molecule has 1 amide bonds. The van der Waals surface area contributed by atoms with Gasteiger partial charge in [0.1, 0.15) is 10.9 Å². The van der Waals surface area contributed by atoms with Crippen LogP contribution in [0.5, 0.6) is 0 Å². The number of hydrogen-bond donors (Lipinski definition) is 1. The summed E-state index contributed by atoms with van der Waals surface area (Å²) in [4.78, 5) is 30.4. The predicted molar refractivity (Wildman–Crippen MR) is 77.2 cm³/mol. The van der Waals surface area contributed by atoms with E-state index in [-0.39, 0.29) is 5.91 Å². The monoisotopic (exact) mass is 296 g/mol. The van der Waals surface area contributed by atoms with Crippen LogP contribution in [0.4, 0.5) is 0 Å². The summed E-state index contributed by atoms with van der Waals surface area (Å²) in [6.07, 6.45) is 4.13. The lowest BCUT2D eigenvalue weighted by atomic mass is 10.0. The van der Waals surface area contributed by atoms with Crippen LogP contribution in [0.1, 0.15) is 53.0 Å². The Labute approximate surface area is 122 Å². The third kappa shape index (κ3) is 3.00. The number of aryl methyl sites for hydroxylation is 2. The number of amides is 1. The van der Waals surface area contributed by atoms with Crippen molar-refractivity contribution >= 4 is 23.2 Å². The number of rotatable bonds is 4. The van der Waals surface area contributed by atoms with Gasteiger partial charge >= 0.3 is 5.97 Å². The van der Waals surface area contributed by atoms with E-state index in [9.17, 15) is 14.7 Å². The maximum atomic E-state index is 12.6. The number of carboxylic acids is 1. The topological polar surface area (TPSA) is 70.5 Å². The number of thiazole rings is 1. The van der Waals surface area contributed by atoms with E-state index >= 15 is 0 Å². The van der Waals surface area contributed by atoms with Gasteiger partial charge in [-0.1, -0.05) is 6.92 Å². The Morgan fingerprint density at radius 2 is 2.20 bits per heavy atom. The molecule has 1 aliphatic heterocycles.